The molecule has 1 saturated heterocycles. The first-order valence-electron chi connectivity index (χ1n) is 8.36. The summed E-state index contributed by atoms with van der Waals surface area (Å²) >= 11 is 0. The van der Waals surface area contributed by atoms with E-state index in [0.717, 1.165) is 12.1 Å². The van der Waals surface area contributed by atoms with E-state index in [-0.39, 0.29) is 17.5 Å². The van der Waals surface area contributed by atoms with E-state index in [1.54, 1.807) is 32.7 Å². The predicted molar refractivity (Wildman–Crippen MR) is 92.7 cm³/mol. The lowest BCUT2D eigenvalue weighted by molar-refractivity contribution is -0.385. The van der Waals surface area contributed by atoms with Crippen LogP contribution in [0.15, 0.2) is 18.2 Å². The van der Waals surface area contributed by atoms with Crippen LogP contribution in [0.3, 0.4) is 0 Å². The van der Waals surface area contributed by atoms with Crippen LogP contribution in [-0.2, 0) is 4.74 Å². The lowest BCUT2D eigenvalue weighted by Gasteiger charge is -2.30. The van der Waals surface area contributed by atoms with Gasteiger partial charge in [-0.1, -0.05) is 0 Å². The summed E-state index contributed by atoms with van der Waals surface area (Å²) in [7, 11) is 1.75. The number of nitro benzene ring substituents is 1. The van der Waals surface area contributed by atoms with Crippen molar-refractivity contribution >= 4 is 11.8 Å². The van der Waals surface area contributed by atoms with E-state index in [4.69, 9.17) is 9.47 Å². The maximum Gasteiger partial charge on any atom is 0.410 e. The number of ether oxygens (including phenoxy) is 2. The van der Waals surface area contributed by atoms with E-state index in [9.17, 15) is 19.3 Å². The van der Waals surface area contributed by atoms with Crippen LogP contribution in [0, 0.1) is 15.9 Å². The van der Waals surface area contributed by atoms with Crippen LogP contribution < -0.4 is 10.1 Å². The number of hydrogen-bond acceptors (Lipinski definition) is 6. The molecule has 1 aromatic rings. The second kappa shape index (κ2) is 7.86. The molecule has 0 aliphatic carbocycles. The number of hydrogen-bond donors (Lipinski definition) is 1. The molecule has 1 heterocycles. The van der Waals surface area contributed by atoms with Crippen LogP contribution in [0.25, 0.3) is 0 Å². The number of carbonyl (C=O) groups is 1. The first kappa shape index (κ1) is 19.9. The summed E-state index contributed by atoms with van der Waals surface area (Å²) in [6, 6.07) is 2.77. The highest BCUT2D eigenvalue weighted by atomic mass is 19.1. The number of non-ortho nitro benzene ring substituents is 1. The number of benzene rings is 1. The molecule has 0 aromatic heterocycles. The fourth-order valence-corrected chi connectivity index (χ4v) is 2.86. The van der Waals surface area contributed by atoms with E-state index >= 15 is 0 Å². The zero-order valence-corrected chi connectivity index (χ0v) is 15.3. The van der Waals surface area contributed by atoms with Crippen LogP contribution in [0.1, 0.15) is 27.2 Å². The largest absolute Gasteiger partial charge is 0.488 e. The Balaban J connectivity index is 2.16. The standard InChI is InChI=1S/C17H24FN3O5/c1-17(2,3)26-16(22)20-6-5-15(14(20)10-19-4)25-13-8-11(18)7-12(9-13)21(23)24/h7-9,14-15,19H,5-6,10H2,1-4H3/t14-,15?/m1/s1. The maximum atomic E-state index is 13.6. The first-order chi connectivity index (χ1) is 12.1. The van der Waals surface area contributed by atoms with Crippen molar-refractivity contribution in [3.63, 3.8) is 0 Å². The predicted octanol–water partition coefficient (Wildman–Crippen LogP) is 2.71. The van der Waals surface area contributed by atoms with Crippen molar-refractivity contribution in [2.75, 3.05) is 20.1 Å². The summed E-state index contributed by atoms with van der Waals surface area (Å²) in [5.41, 5.74) is -1.00. The average Bonchev–Trinajstić information content (AvgIpc) is 2.88. The van der Waals surface area contributed by atoms with Crippen LogP contribution >= 0.6 is 0 Å². The summed E-state index contributed by atoms with van der Waals surface area (Å²) in [6.45, 7) is 6.22. The Morgan fingerprint density at radius 2 is 2.12 bits per heavy atom. The van der Waals surface area contributed by atoms with Gasteiger partial charge in [0.1, 0.15) is 23.3 Å². The van der Waals surface area contributed by atoms with Crippen molar-refractivity contribution in [3.8, 4) is 5.75 Å². The van der Waals surface area contributed by atoms with E-state index < -0.39 is 28.5 Å². The molecule has 1 fully saturated rings. The maximum absolute atomic E-state index is 13.6. The van der Waals surface area contributed by atoms with E-state index in [0.29, 0.717) is 19.5 Å². The van der Waals surface area contributed by atoms with Gasteiger partial charge in [0.05, 0.1) is 23.1 Å². The smallest absolute Gasteiger partial charge is 0.410 e. The van der Waals surface area contributed by atoms with Crippen molar-refractivity contribution in [2.45, 2.75) is 44.9 Å². The highest BCUT2D eigenvalue weighted by Gasteiger charge is 2.40. The number of likely N-dealkylation sites (N-methyl/N-ethyl adjacent to an activating group) is 1. The second-order valence-corrected chi connectivity index (χ2v) is 7.15. The number of nitro groups is 1. The second-order valence-electron chi connectivity index (χ2n) is 7.15. The van der Waals surface area contributed by atoms with Crippen LogP contribution in [0.2, 0.25) is 0 Å². The van der Waals surface area contributed by atoms with Crippen molar-refractivity contribution < 1.29 is 23.6 Å². The lowest BCUT2D eigenvalue weighted by atomic mass is 10.1. The van der Waals surface area contributed by atoms with Crippen molar-refractivity contribution in [1.29, 1.82) is 0 Å². The van der Waals surface area contributed by atoms with Gasteiger partial charge in [0, 0.05) is 25.6 Å². The molecule has 9 heteroatoms. The molecule has 26 heavy (non-hydrogen) atoms. The molecule has 0 radical (unpaired) electrons. The normalized spacial score (nSPS) is 20.1. The first-order valence-corrected chi connectivity index (χ1v) is 8.36. The number of rotatable bonds is 5. The van der Waals surface area contributed by atoms with Gasteiger partial charge in [-0.2, -0.15) is 0 Å². The van der Waals surface area contributed by atoms with Gasteiger partial charge in [0.15, 0.2) is 0 Å². The van der Waals surface area contributed by atoms with E-state index in [1.807, 2.05) is 0 Å². The van der Waals surface area contributed by atoms with Gasteiger partial charge in [-0.15, -0.1) is 0 Å². The summed E-state index contributed by atoms with van der Waals surface area (Å²) in [4.78, 5) is 24.2. The SMILES string of the molecule is CNC[C@@H]1C(Oc2cc(F)cc([N+](=O)[O-])c2)CCN1C(=O)OC(C)(C)C. The molecule has 1 aromatic carbocycles. The van der Waals surface area contributed by atoms with Crippen molar-refractivity contribution in [1.82, 2.24) is 10.2 Å². The Morgan fingerprint density at radius 3 is 2.69 bits per heavy atom. The number of nitrogens with one attached hydrogen (secondary N) is 1. The molecule has 8 nitrogen and oxygen atoms in total. The molecule has 1 unspecified atom stereocenters. The van der Waals surface area contributed by atoms with Crippen LogP contribution in [-0.4, -0.2) is 53.8 Å². The Hall–Kier alpha value is -2.42. The van der Waals surface area contributed by atoms with Crippen molar-refractivity contribution in [2.24, 2.45) is 0 Å². The van der Waals surface area contributed by atoms with Gasteiger partial charge in [-0.05, 0) is 27.8 Å². The third-order valence-electron chi connectivity index (χ3n) is 3.88. The molecule has 144 valence electrons. The minimum Gasteiger partial charge on any atom is -0.488 e. The molecule has 0 bridgehead atoms. The molecular weight excluding hydrogens is 345 g/mol. The molecule has 1 N–H and O–H groups in total. The lowest BCUT2D eigenvalue weighted by Crippen LogP contribution is -2.48. The molecule has 1 amide bonds. The number of halogens is 1. The van der Waals surface area contributed by atoms with Crippen LogP contribution in [0.4, 0.5) is 14.9 Å². The van der Waals surface area contributed by atoms with Gasteiger partial charge in [0.2, 0.25) is 0 Å². The zero-order chi connectivity index (χ0) is 19.5. The Kier molecular flexibility index (Phi) is 6.01. The number of likely N-dealkylation sites (tertiary alicyclic amines) is 1. The highest BCUT2D eigenvalue weighted by Crippen LogP contribution is 2.28. The average molecular weight is 369 g/mol. The molecule has 0 spiro atoms. The number of carbonyl (C=O) groups excluding carboxylic acids is 1. The van der Waals surface area contributed by atoms with Gasteiger partial charge in [-0.3, -0.25) is 10.1 Å². The van der Waals surface area contributed by atoms with Crippen molar-refractivity contribution in [3.05, 3.63) is 34.1 Å². The van der Waals surface area contributed by atoms with Crippen LogP contribution in [0.5, 0.6) is 5.75 Å². The van der Waals surface area contributed by atoms with Gasteiger partial charge >= 0.3 is 6.09 Å². The Bertz CT molecular complexity index is 677. The van der Waals surface area contributed by atoms with E-state index in [1.165, 1.54) is 6.07 Å². The monoisotopic (exact) mass is 369 g/mol. The van der Waals surface area contributed by atoms with Gasteiger partial charge in [-0.25, -0.2) is 9.18 Å². The molecule has 2 atom stereocenters. The molecule has 1 aliphatic rings. The molecular formula is C17H24FN3O5. The Labute approximate surface area is 151 Å². The Morgan fingerprint density at radius 1 is 1.42 bits per heavy atom. The molecule has 0 saturated carbocycles. The minimum absolute atomic E-state index is 0.0637. The fourth-order valence-electron chi connectivity index (χ4n) is 2.86. The minimum atomic E-state index is -0.749. The highest BCUT2D eigenvalue weighted by molar-refractivity contribution is 5.69. The third kappa shape index (κ3) is 5.04. The zero-order valence-electron chi connectivity index (χ0n) is 15.3. The molecule has 2 rings (SSSR count). The quantitative estimate of drug-likeness (QED) is 0.633. The fraction of sp³-hybridized carbons (Fsp3) is 0.588. The van der Waals surface area contributed by atoms with E-state index in [2.05, 4.69) is 5.32 Å². The summed E-state index contributed by atoms with van der Waals surface area (Å²) < 4.78 is 24.8. The summed E-state index contributed by atoms with van der Waals surface area (Å²) in [5, 5.41) is 13.9. The van der Waals surface area contributed by atoms with Gasteiger partial charge in [0.25, 0.3) is 5.69 Å². The van der Waals surface area contributed by atoms with Gasteiger partial charge < -0.3 is 19.7 Å². The number of nitrogens with zero attached hydrogens (tertiary/aromatic N) is 2. The number of amides is 1. The summed E-state index contributed by atoms with van der Waals surface area (Å²) in [6.07, 6.45) is -0.374. The topological polar surface area (TPSA) is 93.9 Å². The third-order valence-corrected chi connectivity index (χ3v) is 3.88. The summed E-state index contributed by atoms with van der Waals surface area (Å²) in [5.74, 6) is -0.685. The molecule has 1 aliphatic heterocycles.